The Labute approximate surface area is 167 Å². The molecule has 0 aliphatic carbocycles. The molecule has 2 heterocycles. The highest BCUT2D eigenvalue weighted by molar-refractivity contribution is 7.13. The van der Waals surface area contributed by atoms with Gasteiger partial charge in [-0.25, -0.2) is 4.79 Å². The summed E-state index contributed by atoms with van der Waals surface area (Å²) >= 11 is 7.21. The fourth-order valence-electron chi connectivity index (χ4n) is 2.95. The molecule has 144 valence electrons. The summed E-state index contributed by atoms with van der Waals surface area (Å²) in [5.74, 6) is -0.203. The van der Waals surface area contributed by atoms with Crippen molar-refractivity contribution >= 4 is 40.6 Å². The predicted octanol–water partition coefficient (Wildman–Crippen LogP) is 3.74. The van der Waals surface area contributed by atoms with Crippen molar-refractivity contribution in [3.63, 3.8) is 0 Å². The first-order chi connectivity index (χ1) is 13.1. The molecular formula is C18H22ClN5O2S. The van der Waals surface area contributed by atoms with Crippen LogP contribution in [0.25, 0.3) is 0 Å². The van der Waals surface area contributed by atoms with Crippen LogP contribution in [0.4, 0.5) is 10.5 Å². The standard InChI is InChI=1S/C18H22ClN5O2S/c1-2-8-20-18(26)24-9-4-5-12(11-24)16-22-23-17(27-16)15(25)21-14-7-3-6-13(19)10-14/h3,6-7,10,12H,2,4-5,8-9,11H2,1H3,(H,20,26)(H,21,25)/t12-/m0/s1. The molecule has 0 radical (unpaired) electrons. The van der Waals surface area contributed by atoms with Crippen LogP contribution in [0.15, 0.2) is 24.3 Å². The highest BCUT2D eigenvalue weighted by atomic mass is 35.5. The lowest BCUT2D eigenvalue weighted by Gasteiger charge is -2.31. The molecule has 0 bridgehead atoms. The fourth-order valence-corrected chi connectivity index (χ4v) is 4.00. The number of likely N-dealkylation sites (tertiary alicyclic amines) is 1. The van der Waals surface area contributed by atoms with E-state index in [1.165, 1.54) is 11.3 Å². The van der Waals surface area contributed by atoms with Gasteiger partial charge >= 0.3 is 6.03 Å². The van der Waals surface area contributed by atoms with Gasteiger partial charge in [-0.1, -0.05) is 35.9 Å². The smallest absolute Gasteiger partial charge is 0.317 e. The molecule has 2 N–H and O–H groups in total. The highest BCUT2D eigenvalue weighted by Gasteiger charge is 2.28. The summed E-state index contributed by atoms with van der Waals surface area (Å²) < 4.78 is 0. The van der Waals surface area contributed by atoms with E-state index in [0.717, 1.165) is 30.8 Å². The van der Waals surface area contributed by atoms with Gasteiger partial charge in [-0.15, -0.1) is 10.2 Å². The molecule has 0 saturated carbocycles. The van der Waals surface area contributed by atoms with Crippen LogP contribution in [0.1, 0.15) is 46.9 Å². The van der Waals surface area contributed by atoms with E-state index in [4.69, 9.17) is 11.6 Å². The highest BCUT2D eigenvalue weighted by Crippen LogP contribution is 2.29. The average molecular weight is 408 g/mol. The van der Waals surface area contributed by atoms with E-state index in [2.05, 4.69) is 20.8 Å². The lowest BCUT2D eigenvalue weighted by atomic mass is 9.99. The molecule has 1 atom stereocenters. The zero-order valence-corrected chi connectivity index (χ0v) is 16.6. The van der Waals surface area contributed by atoms with Gasteiger partial charge in [0, 0.05) is 36.3 Å². The maximum atomic E-state index is 12.4. The van der Waals surface area contributed by atoms with Crippen LogP contribution in [0.2, 0.25) is 5.02 Å². The van der Waals surface area contributed by atoms with Crippen LogP contribution in [0, 0.1) is 0 Å². The molecule has 2 aromatic rings. The molecule has 1 aliphatic rings. The minimum Gasteiger partial charge on any atom is -0.338 e. The van der Waals surface area contributed by atoms with Gasteiger partial charge in [-0.3, -0.25) is 4.79 Å². The Morgan fingerprint density at radius 3 is 3.00 bits per heavy atom. The predicted molar refractivity (Wildman–Crippen MR) is 107 cm³/mol. The van der Waals surface area contributed by atoms with E-state index < -0.39 is 0 Å². The Balaban J connectivity index is 1.62. The van der Waals surface area contributed by atoms with Crippen molar-refractivity contribution in [3.8, 4) is 0 Å². The van der Waals surface area contributed by atoms with E-state index in [9.17, 15) is 9.59 Å². The second kappa shape index (κ2) is 9.14. The summed E-state index contributed by atoms with van der Waals surface area (Å²) in [6.07, 6.45) is 2.75. The molecule has 3 amide bonds. The Hall–Kier alpha value is -2.19. The van der Waals surface area contributed by atoms with Crippen molar-refractivity contribution in [2.75, 3.05) is 25.0 Å². The number of carbonyl (C=O) groups excluding carboxylic acids is 2. The Bertz CT molecular complexity index is 813. The first kappa shape index (κ1) is 19.6. The van der Waals surface area contributed by atoms with Crippen LogP contribution in [0.3, 0.4) is 0 Å². The Morgan fingerprint density at radius 1 is 1.37 bits per heavy atom. The molecule has 9 heteroatoms. The van der Waals surface area contributed by atoms with E-state index >= 15 is 0 Å². The number of rotatable bonds is 5. The number of piperidine rings is 1. The van der Waals surface area contributed by atoms with Gasteiger partial charge in [-0.05, 0) is 37.5 Å². The molecule has 7 nitrogen and oxygen atoms in total. The number of anilines is 1. The molecule has 1 saturated heterocycles. The van der Waals surface area contributed by atoms with Crippen LogP contribution in [-0.2, 0) is 0 Å². The van der Waals surface area contributed by atoms with Gasteiger partial charge in [0.05, 0.1) is 0 Å². The summed E-state index contributed by atoms with van der Waals surface area (Å²) in [6.45, 7) is 4.04. The molecule has 1 fully saturated rings. The molecule has 1 aromatic heterocycles. The summed E-state index contributed by atoms with van der Waals surface area (Å²) in [4.78, 5) is 26.4. The van der Waals surface area contributed by atoms with Crippen LogP contribution < -0.4 is 10.6 Å². The number of nitrogens with zero attached hydrogens (tertiary/aromatic N) is 3. The third kappa shape index (κ3) is 5.17. The number of hydrogen-bond donors (Lipinski definition) is 2. The molecule has 0 spiro atoms. The number of halogens is 1. The Kier molecular flexibility index (Phi) is 6.63. The molecule has 3 rings (SSSR count). The maximum Gasteiger partial charge on any atom is 0.317 e. The molecule has 1 aromatic carbocycles. The van der Waals surface area contributed by atoms with Crippen LogP contribution >= 0.6 is 22.9 Å². The van der Waals surface area contributed by atoms with Gasteiger partial charge in [0.15, 0.2) is 0 Å². The topological polar surface area (TPSA) is 87.2 Å². The molecule has 0 unspecified atom stereocenters. The number of amides is 3. The molecule has 27 heavy (non-hydrogen) atoms. The lowest BCUT2D eigenvalue weighted by molar-refractivity contribution is 0.102. The van der Waals surface area contributed by atoms with E-state index in [1.54, 1.807) is 24.3 Å². The number of nitrogens with one attached hydrogen (secondary N) is 2. The fraction of sp³-hybridized carbons (Fsp3) is 0.444. The van der Waals surface area contributed by atoms with E-state index in [0.29, 0.717) is 28.8 Å². The van der Waals surface area contributed by atoms with Gasteiger partial charge in [0.25, 0.3) is 5.91 Å². The van der Waals surface area contributed by atoms with Crippen molar-refractivity contribution in [1.29, 1.82) is 0 Å². The van der Waals surface area contributed by atoms with Crippen molar-refractivity contribution in [3.05, 3.63) is 39.3 Å². The first-order valence-electron chi connectivity index (χ1n) is 9.00. The molecule has 1 aliphatic heterocycles. The summed E-state index contributed by atoms with van der Waals surface area (Å²) in [7, 11) is 0. The van der Waals surface area contributed by atoms with Crippen LogP contribution in [0.5, 0.6) is 0 Å². The zero-order chi connectivity index (χ0) is 19.2. The van der Waals surface area contributed by atoms with Gasteiger partial charge in [0.1, 0.15) is 5.01 Å². The van der Waals surface area contributed by atoms with Gasteiger partial charge < -0.3 is 15.5 Å². The second-order valence-electron chi connectivity index (χ2n) is 6.43. The van der Waals surface area contributed by atoms with Crippen molar-refractivity contribution in [1.82, 2.24) is 20.4 Å². The Morgan fingerprint density at radius 2 is 2.22 bits per heavy atom. The number of carbonyl (C=O) groups is 2. The minimum atomic E-state index is -0.311. The zero-order valence-electron chi connectivity index (χ0n) is 15.1. The summed E-state index contributed by atoms with van der Waals surface area (Å²) in [5.41, 5.74) is 0.612. The number of urea groups is 1. The quantitative estimate of drug-likeness (QED) is 0.790. The summed E-state index contributed by atoms with van der Waals surface area (Å²) in [6, 6.07) is 6.91. The normalized spacial score (nSPS) is 16.8. The van der Waals surface area contributed by atoms with Gasteiger partial charge in [-0.2, -0.15) is 0 Å². The largest absolute Gasteiger partial charge is 0.338 e. The van der Waals surface area contributed by atoms with E-state index in [-0.39, 0.29) is 17.9 Å². The third-order valence-corrected chi connectivity index (χ3v) is 5.62. The average Bonchev–Trinajstić information content (AvgIpc) is 3.16. The van der Waals surface area contributed by atoms with Crippen molar-refractivity contribution < 1.29 is 9.59 Å². The van der Waals surface area contributed by atoms with Crippen molar-refractivity contribution in [2.45, 2.75) is 32.1 Å². The number of hydrogen-bond acceptors (Lipinski definition) is 5. The van der Waals surface area contributed by atoms with Crippen LogP contribution in [-0.4, -0.2) is 46.7 Å². The third-order valence-electron chi connectivity index (χ3n) is 4.30. The van der Waals surface area contributed by atoms with Crippen molar-refractivity contribution in [2.24, 2.45) is 0 Å². The monoisotopic (exact) mass is 407 g/mol. The summed E-state index contributed by atoms with van der Waals surface area (Å²) in [5, 5.41) is 15.6. The molecular weight excluding hydrogens is 386 g/mol. The number of benzene rings is 1. The SMILES string of the molecule is CCCNC(=O)N1CCC[C@H](c2nnc(C(=O)Nc3cccc(Cl)c3)s2)C1. The first-order valence-corrected chi connectivity index (χ1v) is 10.2. The van der Waals surface area contributed by atoms with Gasteiger partial charge in [0.2, 0.25) is 5.01 Å². The maximum absolute atomic E-state index is 12.4. The second-order valence-corrected chi connectivity index (χ2v) is 7.87. The lowest BCUT2D eigenvalue weighted by Crippen LogP contribution is -2.45. The van der Waals surface area contributed by atoms with E-state index in [1.807, 2.05) is 11.8 Å². The number of aromatic nitrogens is 2. The minimum absolute atomic E-state index is 0.0370.